The van der Waals surface area contributed by atoms with Crippen molar-refractivity contribution < 1.29 is 19.1 Å². The third-order valence-corrected chi connectivity index (χ3v) is 5.91. The number of hydrogen-bond donors (Lipinski definition) is 2. The molecule has 0 aromatic heterocycles. The monoisotopic (exact) mass is 536 g/mol. The van der Waals surface area contributed by atoms with Crippen molar-refractivity contribution >= 4 is 47.0 Å². The first kappa shape index (κ1) is 27.1. The number of allylic oxidation sites excluding steroid dienone is 1. The molecule has 0 fully saturated rings. The molecule has 0 aliphatic carbocycles. The van der Waals surface area contributed by atoms with Gasteiger partial charge in [0.05, 0.1) is 7.11 Å². The van der Waals surface area contributed by atoms with E-state index >= 15 is 0 Å². The van der Waals surface area contributed by atoms with Crippen molar-refractivity contribution in [2.75, 3.05) is 12.4 Å². The molecule has 0 bridgehead atoms. The third-order valence-electron chi connectivity index (χ3n) is 5.67. The number of halogens is 1. The summed E-state index contributed by atoms with van der Waals surface area (Å²) in [6.07, 6.45) is 4.70. The molecule has 6 nitrogen and oxygen atoms in total. The van der Waals surface area contributed by atoms with Crippen LogP contribution in [0.1, 0.15) is 31.8 Å². The highest BCUT2D eigenvalue weighted by Gasteiger charge is 2.16. The van der Waals surface area contributed by atoms with E-state index in [-0.39, 0.29) is 11.5 Å². The zero-order chi connectivity index (χ0) is 27.6. The lowest BCUT2D eigenvalue weighted by atomic mass is 10.1. The Hall–Kier alpha value is -4.94. The number of anilines is 1. The van der Waals surface area contributed by atoms with Gasteiger partial charge < -0.3 is 15.4 Å². The molecule has 39 heavy (non-hydrogen) atoms. The maximum atomic E-state index is 13.3. The molecule has 2 N–H and O–H groups in total. The Balaban J connectivity index is 1.52. The van der Waals surface area contributed by atoms with Crippen LogP contribution in [0.3, 0.4) is 0 Å². The zero-order valence-corrected chi connectivity index (χ0v) is 21.8. The van der Waals surface area contributed by atoms with Gasteiger partial charge in [0, 0.05) is 27.4 Å². The summed E-state index contributed by atoms with van der Waals surface area (Å²) < 4.78 is 5.39. The first-order valence-electron chi connectivity index (χ1n) is 12.0. The fourth-order valence-electron chi connectivity index (χ4n) is 3.68. The second-order valence-corrected chi connectivity index (χ2v) is 8.84. The minimum atomic E-state index is -0.537. The summed E-state index contributed by atoms with van der Waals surface area (Å²) in [5.74, 6) is -0.616. The van der Waals surface area contributed by atoms with Gasteiger partial charge in [-0.2, -0.15) is 0 Å². The number of amides is 2. The zero-order valence-electron chi connectivity index (χ0n) is 21.1. The number of hydrogen-bond acceptors (Lipinski definition) is 4. The summed E-state index contributed by atoms with van der Waals surface area (Å²) in [5.41, 5.74) is 2.77. The smallest absolute Gasteiger partial charge is 0.272 e. The molecule has 194 valence electrons. The van der Waals surface area contributed by atoms with Crippen molar-refractivity contribution in [2.45, 2.75) is 0 Å². The molecule has 4 rings (SSSR count). The van der Waals surface area contributed by atoms with Crippen LogP contribution in [0.2, 0.25) is 5.02 Å². The van der Waals surface area contributed by atoms with Crippen LogP contribution in [0.5, 0.6) is 5.75 Å². The molecule has 0 aliphatic heterocycles. The van der Waals surface area contributed by atoms with E-state index in [0.29, 0.717) is 33.1 Å². The average Bonchev–Trinajstić information content (AvgIpc) is 2.96. The normalized spacial score (nSPS) is 11.2. The molecule has 0 spiro atoms. The lowest BCUT2D eigenvalue weighted by Gasteiger charge is -2.12. The van der Waals surface area contributed by atoms with E-state index in [1.54, 1.807) is 97.1 Å². The van der Waals surface area contributed by atoms with Crippen LogP contribution in [-0.4, -0.2) is 24.7 Å². The molecule has 0 unspecified atom stereocenters. The molecule has 7 heteroatoms. The predicted molar refractivity (Wildman–Crippen MR) is 155 cm³/mol. The molecular weight excluding hydrogens is 512 g/mol. The molecule has 0 atom stereocenters. The van der Waals surface area contributed by atoms with Crippen molar-refractivity contribution in [3.63, 3.8) is 0 Å². The van der Waals surface area contributed by atoms with E-state index in [4.69, 9.17) is 16.3 Å². The molecule has 4 aromatic carbocycles. The number of methoxy groups -OCH3 is 1. The summed E-state index contributed by atoms with van der Waals surface area (Å²) in [6.45, 7) is 0. The van der Waals surface area contributed by atoms with Gasteiger partial charge in [0.2, 0.25) is 0 Å². The SMILES string of the molecule is COc1ccccc1/C=C(\NC(=O)c1ccccc1)C(=O)Nc1ccc(C(=O)/C=C/c2cccc(Cl)c2)cc1. The van der Waals surface area contributed by atoms with Crippen molar-refractivity contribution in [2.24, 2.45) is 0 Å². The minimum Gasteiger partial charge on any atom is -0.496 e. The van der Waals surface area contributed by atoms with Gasteiger partial charge in [-0.05, 0) is 72.3 Å². The number of carbonyl (C=O) groups is 3. The lowest BCUT2D eigenvalue weighted by Crippen LogP contribution is -2.30. The molecule has 0 saturated heterocycles. The maximum absolute atomic E-state index is 13.3. The maximum Gasteiger partial charge on any atom is 0.272 e. The van der Waals surface area contributed by atoms with Gasteiger partial charge >= 0.3 is 0 Å². The minimum absolute atomic E-state index is 0.0259. The lowest BCUT2D eigenvalue weighted by molar-refractivity contribution is -0.113. The Morgan fingerprint density at radius 2 is 1.51 bits per heavy atom. The topological polar surface area (TPSA) is 84.5 Å². The molecular formula is C32H25ClN2O4. The highest BCUT2D eigenvalue weighted by atomic mass is 35.5. The summed E-state index contributed by atoms with van der Waals surface area (Å²) in [6, 6.07) is 29.4. The van der Waals surface area contributed by atoms with Crippen LogP contribution in [0.4, 0.5) is 5.69 Å². The quantitative estimate of drug-likeness (QED) is 0.185. The molecule has 0 saturated carbocycles. The summed E-state index contributed by atoms with van der Waals surface area (Å²) >= 11 is 5.99. The largest absolute Gasteiger partial charge is 0.496 e. The van der Waals surface area contributed by atoms with Crippen LogP contribution >= 0.6 is 11.6 Å². The molecule has 4 aromatic rings. The van der Waals surface area contributed by atoms with Gasteiger partial charge in [-0.1, -0.05) is 66.2 Å². The van der Waals surface area contributed by atoms with E-state index in [1.165, 1.54) is 13.2 Å². The highest BCUT2D eigenvalue weighted by Crippen LogP contribution is 2.21. The number of benzene rings is 4. The fraction of sp³-hybridized carbons (Fsp3) is 0.0312. The van der Waals surface area contributed by atoms with E-state index in [2.05, 4.69) is 10.6 Å². The van der Waals surface area contributed by atoms with Crippen molar-refractivity contribution in [1.82, 2.24) is 5.32 Å². The summed E-state index contributed by atoms with van der Waals surface area (Å²) in [7, 11) is 1.53. The number of nitrogens with one attached hydrogen (secondary N) is 2. The molecule has 0 aliphatic rings. The summed E-state index contributed by atoms with van der Waals surface area (Å²) in [4.78, 5) is 38.7. The Morgan fingerprint density at radius 1 is 0.795 bits per heavy atom. The number of para-hydroxylation sites is 1. The average molecular weight is 537 g/mol. The van der Waals surface area contributed by atoms with Gasteiger partial charge in [0.25, 0.3) is 11.8 Å². The molecule has 0 heterocycles. The predicted octanol–water partition coefficient (Wildman–Crippen LogP) is 6.65. The highest BCUT2D eigenvalue weighted by molar-refractivity contribution is 6.30. The number of ketones is 1. The van der Waals surface area contributed by atoms with E-state index in [9.17, 15) is 14.4 Å². The van der Waals surface area contributed by atoms with Crippen molar-refractivity contribution in [3.8, 4) is 5.75 Å². The second-order valence-electron chi connectivity index (χ2n) is 8.40. The van der Waals surface area contributed by atoms with Crippen molar-refractivity contribution in [3.05, 3.63) is 142 Å². The first-order valence-corrected chi connectivity index (χ1v) is 12.4. The molecule has 0 radical (unpaired) electrons. The second kappa shape index (κ2) is 13.0. The van der Waals surface area contributed by atoms with E-state index in [0.717, 1.165) is 5.56 Å². The van der Waals surface area contributed by atoms with Gasteiger partial charge in [-0.3, -0.25) is 14.4 Å². The first-order chi connectivity index (χ1) is 18.9. The third kappa shape index (κ3) is 7.53. The van der Waals surface area contributed by atoms with Gasteiger partial charge in [0.15, 0.2) is 5.78 Å². The van der Waals surface area contributed by atoms with Gasteiger partial charge in [-0.25, -0.2) is 0 Å². The Kier molecular flexibility index (Phi) is 9.06. The van der Waals surface area contributed by atoms with Crippen LogP contribution in [-0.2, 0) is 4.79 Å². The van der Waals surface area contributed by atoms with E-state index in [1.807, 2.05) is 18.2 Å². The standard InChI is InChI=1S/C32H25ClN2O4/c1-39-30-13-6-5-11-25(30)21-28(35-31(37)24-9-3-2-4-10-24)32(38)34-27-17-15-23(16-18-27)29(36)19-14-22-8-7-12-26(33)20-22/h2-21H,1H3,(H,34,38)(H,35,37)/b19-14+,28-21-. The van der Waals surface area contributed by atoms with Gasteiger partial charge in [-0.15, -0.1) is 0 Å². The number of carbonyl (C=O) groups excluding carboxylic acids is 3. The summed E-state index contributed by atoms with van der Waals surface area (Å²) in [5, 5.41) is 6.07. The Labute approximate surface area is 231 Å². The van der Waals surface area contributed by atoms with Crippen LogP contribution in [0, 0.1) is 0 Å². The van der Waals surface area contributed by atoms with Crippen molar-refractivity contribution in [1.29, 1.82) is 0 Å². The Morgan fingerprint density at radius 3 is 2.23 bits per heavy atom. The molecule has 2 amide bonds. The van der Waals surface area contributed by atoms with Crippen LogP contribution in [0.15, 0.2) is 115 Å². The Bertz CT molecular complexity index is 1540. The number of ether oxygens (including phenoxy) is 1. The van der Waals surface area contributed by atoms with E-state index < -0.39 is 11.8 Å². The van der Waals surface area contributed by atoms with Crippen LogP contribution < -0.4 is 15.4 Å². The van der Waals surface area contributed by atoms with Crippen LogP contribution in [0.25, 0.3) is 12.2 Å². The van der Waals surface area contributed by atoms with Gasteiger partial charge in [0.1, 0.15) is 11.4 Å². The fourth-order valence-corrected chi connectivity index (χ4v) is 3.88. The number of rotatable bonds is 9.